The van der Waals surface area contributed by atoms with Gasteiger partial charge in [-0.25, -0.2) is 4.31 Å². The molecule has 0 radical (unpaired) electrons. The first-order valence-corrected chi connectivity index (χ1v) is 6.41. The molecule has 0 heterocycles. The molecule has 1 aliphatic carbocycles. The van der Waals surface area contributed by atoms with Crippen LogP contribution in [-0.4, -0.2) is 41.3 Å². The monoisotopic (exact) mass is 347 g/mol. The number of halogens is 9. The summed E-state index contributed by atoms with van der Waals surface area (Å²) < 4.78 is 118. The van der Waals surface area contributed by atoms with Crippen molar-refractivity contribution >= 4 is 11.9 Å². The van der Waals surface area contributed by atoms with E-state index in [1.165, 1.54) is 13.8 Å². The van der Waals surface area contributed by atoms with Crippen molar-refractivity contribution in [2.45, 2.75) is 37.8 Å². The summed E-state index contributed by atoms with van der Waals surface area (Å²) in [6.45, 7) is 2.52. The average molecular weight is 347 g/mol. The van der Waals surface area contributed by atoms with Gasteiger partial charge in [-0.3, -0.25) is 0 Å². The van der Waals surface area contributed by atoms with Crippen LogP contribution < -0.4 is 0 Å². The fraction of sp³-hybridized carbons (Fsp3) is 0.800. The Kier molecular flexibility index (Phi) is 4.62. The van der Waals surface area contributed by atoms with Gasteiger partial charge < -0.3 is 0 Å². The lowest BCUT2D eigenvalue weighted by Crippen LogP contribution is -2.50. The molecule has 0 spiro atoms. The van der Waals surface area contributed by atoms with E-state index < -0.39 is 46.4 Å². The number of allylic oxidation sites excluding steroid dienone is 2. The fourth-order valence-corrected chi connectivity index (χ4v) is 2.78. The highest BCUT2D eigenvalue weighted by Crippen LogP contribution is 2.65. The van der Waals surface area contributed by atoms with E-state index in [4.69, 9.17) is 0 Å². The Labute approximate surface area is 118 Å². The highest BCUT2D eigenvalue weighted by atomic mass is 32.2. The van der Waals surface area contributed by atoms with Crippen LogP contribution in [0.5, 0.6) is 0 Å². The Morgan fingerprint density at radius 3 is 1.67 bits per heavy atom. The molecule has 0 N–H and O–H groups in total. The molecule has 11 heteroatoms. The third-order valence-corrected chi connectivity index (χ3v) is 4.24. The smallest absolute Gasteiger partial charge is 0.247 e. The van der Waals surface area contributed by atoms with Gasteiger partial charge in [-0.1, -0.05) is 13.8 Å². The van der Waals surface area contributed by atoms with Gasteiger partial charge in [-0.05, 0) is 11.9 Å². The van der Waals surface area contributed by atoms with Gasteiger partial charge in [0.25, 0.3) is 0 Å². The molecule has 1 aliphatic rings. The van der Waals surface area contributed by atoms with Gasteiger partial charge in [0.1, 0.15) is 5.57 Å². The number of nitrogens with zero attached hydrogens (tertiary/aromatic N) is 1. The van der Waals surface area contributed by atoms with Gasteiger partial charge in [0.2, 0.25) is 0 Å². The second-order valence-corrected chi connectivity index (χ2v) is 5.24. The average Bonchev–Trinajstić information content (AvgIpc) is 2.40. The Bertz CT molecular complexity index is 436. The van der Waals surface area contributed by atoms with Crippen molar-refractivity contribution in [3.8, 4) is 0 Å². The lowest BCUT2D eigenvalue weighted by Gasteiger charge is -2.26. The van der Waals surface area contributed by atoms with Crippen LogP contribution in [0.4, 0.5) is 39.5 Å². The summed E-state index contributed by atoms with van der Waals surface area (Å²) in [7, 11) is 0. The van der Waals surface area contributed by atoms with Gasteiger partial charge in [0.15, 0.2) is 0 Å². The van der Waals surface area contributed by atoms with Crippen molar-refractivity contribution in [3.63, 3.8) is 0 Å². The number of hydrogen-bond acceptors (Lipinski definition) is 2. The number of rotatable bonds is 4. The maximum Gasteiger partial charge on any atom is 0.419 e. The van der Waals surface area contributed by atoms with E-state index >= 15 is 0 Å². The highest BCUT2D eigenvalue weighted by Gasteiger charge is 2.84. The van der Waals surface area contributed by atoms with E-state index in [0.717, 1.165) is 4.31 Å². The minimum absolute atomic E-state index is 0.0942. The van der Waals surface area contributed by atoms with Crippen LogP contribution in [0, 0.1) is 0 Å². The lowest BCUT2D eigenvalue weighted by atomic mass is 10.1. The SMILES string of the molecule is CCN(CC)SC1=C(C(F)(F)F)C(F)(F)C(F)(F)C1(F)F. The van der Waals surface area contributed by atoms with Crippen LogP contribution >= 0.6 is 11.9 Å². The van der Waals surface area contributed by atoms with Crippen molar-refractivity contribution < 1.29 is 39.5 Å². The molecule has 0 saturated heterocycles. The molecule has 0 aromatic carbocycles. The zero-order valence-electron chi connectivity index (χ0n) is 10.7. The summed E-state index contributed by atoms with van der Waals surface area (Å²) in [6.07, 6.45) is -6.00. The molecule has 0 atom stereocenters. The third kappa shape index (κ3) is 2.62. The second kappa shape index (κ2) is 5.25. The van der Waals surface area contributed by atoms with E-state index in [-0.39, 0.29) is 13.1 Å². The first-order chi connectivity index (χ1) is 9.25. The van der Waals surface area contributed by atoms with E-state index in [1.54, 1.807) is 0 Å². The standard InChI is InChI=1S/C10H10F9NS/c1-3-20(4-2)21-6-5(9(15,16)17)7(11,12)10(18,19)8(6,13)14/h3-4H2,1-2H3. The van der Waals surface area contributed by atoms with Gasteiger partial charge in [-0.15, -0.1) is 0 Å². The molecular formula is C10H10F9NS. The molecule has 0 saturated carbocycles. The topological polar surface area (TPSA) is 3.24 Å². The van der Waals surface area contributed by atoms with Crippen LogP contribution in [0.25, 0.3) is 0 Å². The van der Waals surface area contributed by atoms with Gasteiger partial charge in [-0.2, -0.15) is 39.5 Å². The van der Waals surface area contributed by atoms with E-state index in [0.29, 0.717) is 0 Å². The van der Waals surface area contributed by atoms with Crippen molar-refractivity contribution in [1.82, 2.24) is 4.31 Å². The Morgan fingerprint density at radius 1 is 0.905 bits per heavy atom. The first kappa shape index (κ1) is 18.5. The molecule has 21 heavy (non-hydrogen) atoms. The molecule has 0 unspecified atom stereocenters. The predicted octanol–water partition coefficient (Wildman–Crippen LogP) is 4.71. The minimum Gasteiger partial charge on any atom is -0.247 e. The molecule has 0 aliphatic heterocycles. The molecule has 0 bridgehead atoms. The Hall–Kier alpha value is -0.580. The highest BCUT2D eigenvalue weighted by molar-refractivity contribution is 8.01. The largest absolute Gasteiger partial charge is 0.419 e. The molecule has 1 nitrogen and oxygen atoms in total. The first-order valence-electron chi connectivity index (χ1n) is 5.63. The Morgan fingerprint density at radius 2 is 1.33 bits per heavy atom. The molecular weight excluding hydrogens is 337 g/mol. The van der Waals surface area contributed by atoms with Crippen molar-refractivity contribution in [1.29, 1.82) is 0 Å². The second-order valence-electron chi connectivity index (χ2n) is 4.13. The van der Waals surface area contributed by atoms with E-state index in [2.05, 4.69) is 0 Å². The summed E-state index contributed by atoms with van der Waals surface area (Å²) in [5, 5.41) is 0. The summed E-state index contributed by atoms with van der Waals surface area (Å²) in [5.74, 6) is -17.7. The van der Waals surface area contributed by atoms with Gasteiger partial charge in [0, 0.05) is 13.1 Å². The molecule has 124 valence electrons. The molecule has 0 amide bonds. The van der Waals surface area contributed by atoms with Crippen LogP contribution in [0.1, 0.15) is 13.8 Å². The predicted molar refractivity (Wildman–Crippen MR) is 58.4 cm³/mol. The maximum absolute atomic E-state index is 13.5. The summed E-state index contributed by atoms with van der Waals surface area (Å²) >= 11 is -0.418. The van der Waals surface area contributed by atoms with Crippen LogP contribution in [0.15, 0.2) is 10.5 Å². The van der Waals surface area contributed by atoms with Crippen LogP contribution in [0.3, 0.4) is 0 Å². The zero-order chi connectivity index (χ0) is 16.9. The number of alkyl halides is 9. The van der Waals surface area contributed by atoms with Crippen molar-refractivity contribution in [2.75, 3.05) is 13.1 Å². The van der Waals surface area contributed by atoms with Crippen molar-refractivity contribution in [3.05, 3.63) is 10.5 Å². The summed E-state index contributed by atoms with van der Waals surface area (Å²) in [5.41, 5.74) is -3.18. The van der Waals surface area contributed by atoms with E-state index in [9.17, 15) is 39.5 Å². The van der Waals surface area contributed by atoms with Gasteiger partial charge in [0.05, 0.1) is 4.91 Å². The van der Waals surface area contributed by atoms with Crippen LogP contribution in [-0.2, 0) is 0 Å². The molecule has 1 rings (SSSR count). The fourth-order valence-electron chi connectivity index (χ4n) is 1.69. The Balaban J connectivity index is 3.54. The number of hydrogen-bond donors (Lipinski definition) is 0. The normalized spacial score (nSPS) is 24.0. The summed E-state index contributed by atoms with van der Waals surface area (Å²) in [4.78, 5) is -2.35. The van der Waals surface area contributed by atoms with Gasteiger partial charge >= 0.3 is 23.9 Å². The third-order valence-electron chi connectivity index (χ3n) is 2.82. The molecule has 0 aromatic heterocycles. The van der Waals surface area contributed by atoms with Crippen molar-refractivity contribution in [2.24, 2.45) is 0 Å². The zero-order valence-corrected chi connectivity index (χ0v) is 11.5. The quantitative estimate of drug-likeness (QED) is 0.535. The van der Waals surface area contributed by atoms with E-state index in [1.807, 2.05) is 0 Å². The molecule has 0 aromatic rings. The molecule has 0 fully saturated rings. The maximum atomic E-state index is 13.5. The minimum atomic E-state index is -6.14. The lowest BCUT2D eigenvalue weighted by molar-refractivity contribution is -0.272. The summed E-state index contributed by atoms with van der Waals surface area (Å²) in [6, 6.07) is 0. The van der Waals surface area contributed by atoms with Crippen LogP contribution in [0.2, 0.25) is 0 Å².